The number of hydrogen-bond acceptors (Lipinski definition) is 0. The second-order valence-corrected chi connectivity index (χ2v) is 12.6. The van der Waals surface area contributed by atoms with Crippen molar-refractivity contribution in [2.24, 2.45) is 0 Å². The third-order valence-corrected chi connectivity index (χ3v) is 10.2. The number of aromatic nitrogens is 2. The molecule has 2 aliphatic rings. The molecule has 5 aromatic carbocycles. The first-order chi connectivity index (χ1) is 20.8. The minimum atomic E-state index is 0.221. The summed E-state index contributed by atoms with van der Waals surface area (Å²) in [6.45, 7) is 4.80. The Morgan fingerprint density at radius 1 is 0.595 bits per heavy atom. The van der Waals surface area contributed by atoms with Crippen LogP contribution in [0.4, 0.5) is 0 Å². The summed E-state index contributed by atoms with van der Waals surface area (Å²) in [6.07, 6.45) is 9.06. The van der Waals surface area contributed by atoms with E-state index in [1.165, 1.54) is 121 Å². The molecule has 2 aliphatic heterocycles. The zero-order valence-electron chi connectivity index (χ0n) is 24.6. The predicted octanol–water partition coefficient (Wildman–Crippen LogP) is 8.24. The molecular formula is C39H35BN2. The van der Waals surface area contributed by atoms with Gasteiger partial charge in [-0.3, -0.25) is 0 Å². The van der Waals surface area contributed by atoms with Crippen LogP contribution in [0.2, 0.25) is 0 Å². The molecule has 4 heterocycles. The van der Waals surface area contributed by atoms with Crippen molar-refractivity contribution in [2.75, 3.05) is 0 Å². The topological polar surface area (TPSA) is 9.86 Å². The fourth-order valence-electron chi connectivity index (χ4n) is 8.38. The fourth-order valence-corrected chi connectivity index (χ4v) is 8.38. The molecule has 0 N–H and O–H groups in total. The molecule has 0 saturated carbocycles. The summed E-state index contributed by atoms with van der Waals surface area (Å²) in [5.74, 6) is 0. The van der Waals surface area contributed by atoms with E-state index < -0.39 is 0 Å². The highest BCUT2D eigenvalue weighted by molar-refractivity contribution is 7.00. The van der Waals surface area contributed by atoms with Gasteiger partial charge in [0.25, 0.3) is 6.71 Å². The Kier molecular flexibility index (Phi) is 5.30. The number of aryl methyl sites for hydroxylation is 2. The predicted molar refractivity (Wildman–Crippen MR) is 182 cm³/mol. The maximum Gasteiger partial charge on any atom is 0.252 e. The van der Waals surface area contributed by atoms with Gasteiger partial charge in [0.1, 0.15) is 0 Å². The van der Waals surface area contributed by atoms with Gasteiger partial charge in [0.2, 0.25) is 0 Å². The average molecular weight is 543 g/mol. The van der Waals surface area contributed by atoms with Crippen LogP contribution in [0.5, 0.6) is 0 Å². The quantitative estimate of drug-likeness (QED) is 0.142. The van der Waals surface area contributed by atoms with E-state index in [1.54, 1.807) is 0 Å². The van der Waals surface area contributed by atoms with Crippen LogP contribution in [0, 0.1) is 6.92 Å². The number of para-hydroxylation sites is 3. The van der Waals surface area contributed by atoms with Crippen molar-refractivity contribution in [1.29, 1.82) is 0 Å². The standard InChI is InChI=1S/C39H35BN2/c1-3-4-5-6-7-8-14-26-23-34-37-35(24-26)42-33-20-12-10-16-29(33)36-25(2)21-22-31(39(36)42)40(37)30-18-13-17-28-27-15-9-11-19-32(27)41(34)38(28)30/h9-13,15-24H,3-8,14H2,1-2H3. The smallest absolute Gasteiger partial charge is 0.252 e. The van der Waals surface area contributed by atoms with Crippen molar-refractivity contribution in [2.45, 2.75) is 58.8 Å². The first-order valence-electron chi connectivity index (χ1n) is 16.0. The highest BCUT2D eigenvalue weighted by Gasteiger charge is 2.40. The highest BCUT2D eigenvalue weighted by atomic mass is 15.0. The molecule has 0 saturated heterocycles. The van der Waals surface area contributed by atoms with E-state index in [-0.39, 0.29) is 6.71 Å². The lowest BCUT2D eigenvalue weighted by molar-refractivity contribution is 0.607. The SMILES string of the molecule is CCCCCCCCc1cc2c3c(c1)-n1c4ccccc4c4c(C)ccc(c41)B3c1cccc3c4ccccc4n-2c13. The molecule has 0 radical (unpaired) electrons. The molecule has 3 heteroatoms. The lowest BCUT2D eigenvalue weighted by Crippen LogP contribution is -2.59. The van der Waals surface area contributed by atoms with Crippen molar-refractivity contribution in [1.82, 2.24) is 9.13 Å². The first kappa shape index (κ1) is 24.4. The van der Waals surface area contributed by atoms with Gasteiger partial charge in [-0.25, -0.2) is 0 Å². The number of benzene rings is 5. The van der Waals surface area contributed by atoms with E-state index in [1.807, 2.05) is 0 Å². The van der Waals surface area contributed by atoms with Crippen LogP contribution in [0.1, 0.15) is 56.6 Å². The molecular weight excluding hydrogens is 507 g/mol. The van der Waals surface area contributed by atoms with Crippen LogP contribution in [0.25, 0.3) is 55.0 Å². The zero-order chi connectivity index (χ0) is 27.9. The number of hydrogen-bond donors (Lipinski definition) is 0. The second-order valence-electron chi connectivity index (χ2n) is 12.6. The van der Waals surface area contributed by atoms with Crippen LogP contribution in [-0.4, -0.2) is 15.8 Å². The molecule has 0 unspecified atom stereocenters. The van der Waals surface area contributed by atoms with Crippen LogP contribution in [0.3, 0.4) is 0 Å². The van der Waals surface area contributed by atoms with Crippen LogP contribution in [-0.2, 0) is 6.42 Å². The Balaban J connectivity index is 1.38. The molecule has 0 amide bonds. The van der Waals surface area contributed by atoms with Gasteiger partial charge in [-0.1, -0.05) is 106 Å². The van der Waals surface area contributed by atoms with Gasteiger partial charge in [-0.15, -0.1) is 0 Å². The van der Waals surface area contributed by atoms with E-state index >= 15 is 0 Å². The Morgan fingerprint density at radius 3 is 2.05 bits per heavy atom. The summed E-state index contributed by atoms with van der Waals surface area (Å²) in [7, 11) is 0. The molecule has 42 heavy (non-hydrogen) atoms. The monoisotopic (exact) mass is 542 g/mol. The van der Waals surface area contributed by atoms with Gasteiger partial charge in [0, 0.05) is 44.0 Å². The maximum atomic E-state index is 2.61. The third-order valence-electron chi connectivity index (χ3n) is 10.2. The lowest BCUT2D eigenvalue weighted by Gasteiger charge is -2.34. The maximum absolute atomic E-state index is 2.61. The van der Waals surface area contributed by atoms with Gasteiger partial charge in [-0.2, -0.15) is 0 Å². The van der Waals surface area contributed by atoms with Crippen molar-refractivity contribution >= 4 is 66.7 Å². The van der Waals surface area contributed by atoms with E-state index in [4.69, 9.17) is 0 Å². The lowest BCUT2D eigenvalue weighted by atomic mass is 9.34. The van der Waals surface area contributed by atoms with E-state index in [9.17, 15) is 0 Å². The van der Waals surface area contributed by atoms with Crippen molar-refractivity contribution in [3.8, 4) is 11.4 Å². The molecule has 0 spiro atoms. The number of fused-ring (bicyclic) bond motifs is 10. The van der Waals surface area contributed by atoms with E-state index in [0.717, 1.165) is 6.42 Å². The number of rotatable bonds is 7. The first-order valence-corrected chi connectivity index (χ1v) is 16.0. The summed E-state index contributed by atoms with van der Waals surface area (Å²) in [4.78, 5) is 0. The summed E-state index contributed by atoms with van der Waals surface area (Å²) in [5.41, 5.74) is 15.3. The largest absolute Gasteiger partial charge is 0.310 e. The van der Waals surface area contributed by atoms with Crippen LogP contribution < -0.4 is 16.4 Å². The molecule has 0 aliphatic carbocycles. The van der Waals surface area contributed by atoms with Crippen molar-refractivity contribution in [3.63, 3.8) is 0 Å². The highest BCUT2D eigenvalue weighted by Crippen LogP contribution is 2.40. The molecule has 2 aromatic heterocycles. The molecule has 0 fully saturated rings. The summed E-state index contributed by atoms with van der Waals surface area (Å²) < 4.78 is 5.21. The van der Waals surface area contributed by atoms with Gasteiger partial charge in [0.15, 0.2) is 0 Å². The molecule has 0 bridgehead atoms. The van der Waals surface area contributed by atoms with Gasteiger partial charge >= 0.3 is 0 Å². The van der Waals surface area contributed by atoms with Crippen molar-refractivity contribution < 1.29 is 0 Å². The van der Waals surface area contributed by atoms with E-state index in [2.05, 4.69) is 114 Å². The second kappa shape index (κ2) is 9.13. The minimum absolute atomic E-state index is 0.221. The van der Waals surface area contributed by atoms with Gasteiger partial charge in [0.05, 0.1) is 11.0 Å². The minimum Gasteiger partial charge on any atom is -0.310 e. The molecule has 2 nitrogen and oxygen atoms in total. The Hall–Kier alpha value is -4.24. The zero-order valence-corrected chi connectivity index (χ0v) is 24.6. The third kappa shape index (κ3) is 3.17. The summed E-state index contributed by atoms with van der Waals surface area (Å²) in [5, 5.41) is 5.49. The van der Waals surface area contributed by atoms with Crippen LogP contribution in [0.15, 0.2) is 91.0 Å². The van der Waals surface area contributed by atoms with Gasteiger partial charge in [-0.05, 0) is 71.5 Å². The van der Waals surface area contributed by atoms with Crippen molar-refractivity contribution in [3.05, 3.63) is 102 Å². The Labute approximate surface area is 247 Å². The molecule has 204 valence electrons. The normalized spacial score (nSPS) is 13.1. The van der Waals surface area contributed by atoms with E-state index in [0.29, 0.717) is 0 Å². The fraction of sp³-hybridized carbons (Fsp3) is 0.231. The Morgan fingerprint density at radius 2 is 1.24 bits per heavy atom. The van der Waals surface area contributed by atoms with Crippen LogP contribution >= 0.6 is 0 Å². The Bertz CT molecular complexity index is 2210. The number of nitrogens with zero attached hydrogens (tertiary/aromatic N) is 2. The average Bonchev–Trinajstić information content (AvgIpc) is 3.55. The summed E-state index contributed by atoms with van der Waals surface area (Å²) in [6, 6.07) is 34.9. The van der Waals surface area contributed by atoms with Gasteiger partial charge < -0.3 is 9.13 Å². The summed E-state index contributed by atoms with van der Waals surface area (Å²) >= 11 is 0. The molecule has 9 rings (SSSR count). The molecule has 0 atom stereocenters. The number of unbranched alkanes of at least 4 members (excludes halogenated alkanes) is 5. The molecule has 7 aromatic rings.